The summed E-state index contributed by atoms with van der Waals surface area (Å²) in [5.74, 6) is 1.20. The normalized spacial score (nSPS) is 29.8. The van der Waals surface area contributed by atoms with Crippen LogP contribution in [0.5, 0.6) is 0 Å². The molecule has 1 saturated heterocycles. The average molecular weight is 271 g/mol. The number of aryl methyl sites for hydroxylation is 1. The van der Waals surface area contributed by atoms with Crippen molar-refractivity contribution < 1.29 is 4.79 Å². The molecule has 0 bridgehead atoms. The number of piperidine rings is 1. The molecule has 2 fully saturated rings. The van der Waals surface area contributed by atoms with Crippen molar-refractivity contribution in [2.75, 3.05) is 0 Å². The van der Waals surface area contributed by atoms with Crippen LogP contribution in [0, 0.1) is 12.8 Å². The van der Waals surface area contributed by atoms with Crippen LogP contribution in [-0.4, -0.2) is 17.9 Å². The van der Waals surface area contributed by atoms with Crippen molar-refractivity contribution >= 4 is 5.78 Å². The molecule has 0 amide bonds. The number of hydrogen-bond acceptors (Lipinski definition) is 2. The van der Waals surface area contributed by atoms with Gasteiger partial charge in [-0.3, -0.25) is 4.79 Å². The van der Waals surface area contributed by atoms with Crippen LogP contribution in [0.1, 0.15) is 49.7 Å². The lowest BCUT2D eigenvalue weighted by Crippen LogP contribution is -2.52. The number of hydrogen-bond donors (Lipinski definition) is 1. The van der Waals surface area contributed by atoms with Gasteiger partial charge in [0.15, 0.2) is 5.78 Å². The van der Waals surface area contributed by atoms with Gasteiger partial charge in [0.25, 0.3) is 0 Å². The van der Waals surface area contributed by atoms with Crippen LogP contribution in [-0.2, 0) is 11.2 Å². The first-order valence-electron chi connectivity index (χ1n) is 8.06. The molecule has 3 atom stereocenters. The van der Waals surface area contributed by atoms with Crippen molar-refractivity contribution in [1.29, 1.82) is 0 Å². The highest BCUT2D eigenvalue weighted by molar-refractivity contribution is 5.86. The summed E-state index contributed by atoms with van der Waals surface area (Å²) in [5, 5.41) is 3.64. The second-order valence-electron chi connectivity index (χ2n) is 6.58. The van der Waals surface area contributed by atoms with E-state index in [1.165, 1.54) is 37.7 Å². The standard InChI is InChI=1S/C18H25NO/c1-13-5-4-6-14(11-13)12-18(20)17-10-9-15-7-2-3-8-16(15)19-17/h4-6,11,15-17,19H,2-3,7-10,12H2,1H3. The molecule has 2 heteroatoms. The summed E-state index contributed by atoms with van der Waals surface area (Å²) < 4.78 is 0. The molecule has 1 N–H and O–H groups in total. The first-order chi connectivity index (χ1) is 9.72. The van der Waals surface area contributed by atoms with Crippen LogP contribution in [0.3, 0.4) is 0 Å². The summed E-state index contributed by atoms with van der Waals surface area (Å²) in [6, 6.07) is 9.02. The lowest BCUT2D eigenvalue weighted by atomic mass is 9.77. The fraction of sp³-hybridized carbons (Fsp3) is 0.611. The van der Waals surface area contributed by atoms with Gasteiger partial charge in [0.05, 0.1) is 6.04 Å². The summed E-state index contributed by atoms with van der Waals surface area (Å²) in [6.07, 6.45) is 8.18. The van der Waals surface area contributed by atoms with Gasteiger partial charge in [0, 0.05) is 12.5 Å². The summed E-state index contributed by atoms with van der Waals surface area (Å²) in [4.78, 5) is 12.5. The van der Waals surface area contributed by atoms with Gasteiger partial charge in [-0.1, -0.05) is 42.7 Å². The number of ketones is 1. The van der Waals surface area contributed by atoms with Crippen molar-refractivity contribution in [3.8, 4) is 0 Å². The molecule has 1 aromatic rings. The van der Waals surface area contributed by atoms with E-state index in [0.717, 1.165) is 17.9 Å². The highest BCUT2D eigenvalue weighted by Gasteiger charge is 2.34. The van der Waals surface area contributed by atoms with Gasteiger partial charge >= 0.3 is 0 Å². The van der Waals surface area contributed by atoms with Gasteiger partial charge in [-0.05, 0) is 44.1 Å². The zero-order valence-electron chi connectivity index (χ0n) is 12.4. The highest BCUT2D eigenvalue weighted by Crippen LogP contribution is 2.32. The van der Waals surface area contributed by atoms with Gasteiger partial charge < -0.3 is 5.32 Å². The fourth-order valence-corrected chi connectivity index (χ4v) is 3.90. The Morgan fingerprint density at radius 1 is 1.20 bits per heavy atom. The van der Waals surface area contributed by atoms with Crippen LogP contribution in [0.25, 0.3) is 0 Å². The molecular formula is C18H25NO. The maximum absolute atomic E-state index is 12.5. The lowest BCUT2D eigenvalue weighted by molar-refractivity contribution is -0.121. The maximum atomic E-state index is 12.5. The Bertz CT molecular complexity index is 482. The molecule has 1 aliphatic carbocycles. The number of fused-ring (bicyclic) bond motifs is 1. The Labute approximate surface area is 122 Å². The predicted octanol–water partition coefficient (Wildman–Crippen LogP) is 3.42. The molecule has 2 aliphatic rings. The Kier molecular flexibility index (Phi) is 4.21. The van der Waals surface area contributed by atoms with E-state index < -0.39 is 0 Å². The molecule has 1 aliphatic heterocycles. The van der Waals surface area contributed by atoms with Crippen molar-refractivity contribution in [3.05, 3.63) is 35.4 Å². The minimum atomic E-state index is 0.0925. The smallest absolute Gasteiger partial charge is 0.154 e. The van der Waals surface area contributed by atoms with Crippen LogP contribution < -0.4 is 5.32 Å². The first-order valence-corrected chi connectivity index (χ1v) is 8.06. The number of carbonyl (C=O) groups is 1. The van der Waals surface area contributed by atoms with Crippen LogP contribution >= 0.6 is 0 Å². The molecule has 1 aromatic carbocycles. The predicted molar refractivity (Wildman–Crippen MR) is 81.8 cm³/mol. The average Bonchev–Trinajstić information content (AvgIpc) is 2.47. The van der Waals surface area contributed by atoms with Crippen molar-refractivity contribution in [2.45, 2.75) is 64.0 Å². The molecule has 2 nitrogen and oxygen atoms in total. The van der Waals surface area contributed by atoms with E-state index in [2.05, 4.69) is 30.4 Å². The van der Waals surface area contributed by atoms with Crippen LogP contribution in [0.15, 0.2) is 24.3 Å². The van der Waals surface area contributed by atoms with E-state index in [4.69, 9.17) is 0 Å². The minimum absolute atomic E-state index is 0.0925. The minimum Gasteiger partial charge on any atom is -0.304 e. The third kappa shape index (κ3) is 3.12. The Morgan fingerprint density at radius 2 is 2.05 bits per heavy atom. The SMILES string of the molecule is Cc1cccc(CC(=O)C2CCC3CCCCC3N2)c1. The molecule has 20 heavy (non-hydrogen) atoms. The van der Waals surface area contributed by atoms with Gasteiger partial charge in [-0.15, -0.1) is 0 Å². The fourth-order valence-electron chi connectivity index (χ4n) is 3.90. The third-order valence-corrected chi connectivity index (χ3v) is 5.00. The summed E-state index contributed by atoms with van der Waals surface area (Å²) in [7, 11) is 0. The van der Waals surface area contributed by atoms with Crippen molar-refractivity contribution in [3.63, 3.8) is 0 Å². The molecule has 0 spiro atoms. The topological polar surface area (TPSA) is 29.1 Å². The third-order valence-electron chi connectivity index (χ3n) is 5.00. The van der Waals surface area contributed by atoms with E-state index in [0.29, 0.717) is 18.2 Å². The summed E-state index contributed by atoms with van der Waals surface area (Å²) in [6.45, 7) is 2.08. The zero-order valence-corrected chi connectivity index (χ0v) is 12.4. The van der Waals surface area contributed by atoms with E-state index in [-0.39, 0.29) is 6.04 Å². The number of carbonyl (C=O) groups excluding carboxylic acids is 1. The number of Topliss-reactive ketones (excluding diaryl/α,β-unsaturated/α-hetero) is 1. The van der Waals surface area contributed by atoms with E-state index in [9.17, 15) is 4.79 Å². The molecule has 1 saturated carbocycles. The number of rotatable bonds is 3. The number of benzene rings is 1. The van der Waals surface area contributed by atoms with Crippen LogP contribution in [0.2, 0.25) is 0 Å². The van der Waals surface area contributed by atoms with Gasteiger partial charge in [0.1, 0.15) is 0 Å². The molecule has 3 unspecified atom stereocenters. The first kappa shape index (κ1) is 13.8. The van der Waals surface area contributed by atoms with E-state index in [1.807, 2.05) is 6.07 Å². The second kappa shape index (κ2) is 6.09. The van der Waals surface area contributed by atoms with Gasteiger partial charge in [-0.2, -0.15) is 0 Å². The largest absolute Gasteiger partial charge is 0.304 e. The maximum Gasteiger partial charge on any atom is 0.154 e. The Balaban J connectivity index is 1.60. The summed E-state index contributed by atoms with van der Waals surface area (Å²) in [5.41, 5.74) is 2.39. The number of nitrogens with one attached hydrogen (secondary N) is 1. The quantitative estimate of drug-likeness (QED) is 0.912. The van der Waals surface area contributed by atoms with Gasteiger partial charge in [0.2, 0.25) is 0 Å². The lowest BCUT2D eigenvalue weighted by Gasteiger charge is -2.40. The van der Waals surface area contributed by atoms with Crippen molar-refractivity contribution in [2.24, 2.45) is 5.92 Å². The summed E-state index contributed by atoms with van der Waals surface area (Å²) >= 11 is 0. The Hall–Kier alpha value is -1.15. The molecule has 0 radical (unpaired) electrons. The second-order valence-corrected chi connectivity index (χ2v) is 6.58. The molecular weight excluding hydrogens is 246 g/mol. The van der Waals surface area contributed by atoms with Gasteiger partial charge in [-0.25, -0.2) is 0 Å². The zero-order chi connectivity index (χ0) is 13.9. The molecule has 108 valence electrons. The van der Waals surface area contributed by atoms with E-state index in [1.54, 1.807) is 0 Å². The van der Waals surface area contributed by atoms with Crippen LogP contribution in [0.4, 0.5) is 0 Å². The highest BCUT2D eigenvalue weighted by atomic mass is 16.1. The van der Waals surface area contributed by atoms with E-state index >= 15 is 0 Å². The molecule has 3 rings (SSSR count). The monoisotopic (exact) mass is 271 g/mol. The Morgan fingerprint density at radius 3 is 2.90 bits per heavy atom. The molecule has 0 aromatic heterocycles. The molecule has 1 heterocycles. The van der Waals surface area contributed by atoms with Crippen molar-refractivity contribution in [1.82, 2.24) is 5.32 Å².